The second-order valence-corrected chi connectivity index (χ2v) is 9.00. The Labute approximate surface area is 124 Å². The zero-order valence-corrected chi connectivity index (χ0v) is 13.6. The van der Waals surface area contributed by atoms with E-state index < -0.39 is 9.84 Å². The fourth-order valence-electron chi connectivity index (χ4n) is 3.77. The fraction of sp³-hybridized carbons (Fsp3) is 1.00. The molecule has 2 rings (SSSR count). The van der Waals surface area contributed by atoms with Crippen LogP contribution in [0, 0.1) is 11.8 Å². The molecule has 0 spiro atoms. The van der Waals surface area contributed by atoms with Gasteiger partial charge in [-0.2, -0.15) is 0 Å². The third-order valence-corrected chi connectivity index (χ3v) is 6.70. The number of sulfone groups is 1. The molecule has 118 valence electrons. The third kappa shape index (κ3) is 4.71. The van der Waals surface area contributed by atoms with Crippen LogP contribution in [-0.2, 0) is 9.84 Å². The lowest BCUT2D eigenvalue weighted by Gasteiger charge is -2.37. The van der Waals surface area contributed by atoms with Crippen molar-refractivity contribution >= 4 is 9.84 Å². The van der Waals surface area contributed by atoms with Crippen molar-refractivity contribution in [3.8, 4) is 0 Å². The molecule has 2 N–H and O–H groups in total. The maximum Gasteiger partial charge on any atom is 0.151 e. The first kappa shape index (κ1) is 16.2. The highest BCUT2D eigenvalue weighted by Gasteiger charge is 2.30. The van der Waals surface area contributed by atoms with Gasteiger partial charge >= 0.3 is 0 Å². The molecule has 1 aliphatic heterocycles. The van der Waals surface area contributed by atoms with Gasteiger partial charge in [-0.3, -0.25) is 0 Å². The second-order valence-electron chi connectivity index (χ2n) is 6.70. The second kappa shape index (κ2) is 7.23. The van der Waals surface area contributed by atoms with E-state index >= 15 is 0 Å². The van der Waals surface area contributed by atoms with Crippen molar-refractivity contribution in [2.45, 2.75) is 51.5 Å². The van der Waals surface area contributed by atoms with Gasteiger partial charge in [-0.25, -0.2) is 8.42 Å². The molecule has 1 heterocycles. The Kier molecular flexibility index (Phi) is 5.87. The van der Waals surface area contributed by atoms with Gasteiger partial charge in [0, 0.05) is 19.1 Å². The predicted molar refractivity (Wildman–Crippen MR) is 83.4 cm³/mol. The lowest BCUT2D eigenvalue weighted by atomic mass is 9.76. The Morgan fingerprint density at radius 2 is 2.00 bits per heavy atom. The van der Waals surface area contributed by atoms with Crippen LogP contribution in [0.4, 0.5) is 0 Å². The van der Waals surface area contributed by atoms with E-state index in [-0.39, 0.29) is 0 Å². The smallest absolute Gasteiger partial charge is 0.151 e. The van der Waals surface area contributed by atoms with Gasteiger partial charge in [-0.15, -0.1) is 0 Å². The maximum atomic E-state index is 11.7. The van der Waals surface area contributed by atoms with Crippen LogP contribution in [0.1, 0.15) is 45.4 Å². The lowest BCUT2D eigenvalue weighted by Crippen LogP contribution is -2.43. The summed E-state index contributed by atoms with van der Waals surface area (Å²) in [5.41, 5.74) is 6.30. The summed E-state index contributed by atoms with van der Waals surface area (Å²) in [6, 6.07) is 0.308. The molecule has 0 aromatic rings. The quantitative estimate of drug-likeness (QED) is 0.857. The molecule has 4 nitrogen and oxygen atoms in total. The van der Waals surface area contributed by atoms with Gasteiger partial charge in [0.25, 0.3) is 0 Å². The minimum absolute atomic E-state index is 0.308. The zero-order valence-electron chi connectivity index (χ0n) is 12.8. The molecule has 0 bridgehead atoms. The van der Waals surface area contributed by atoms with Crippen molar-refractivity contribution in [2.24, 2.45) is 17.6 Å². The van der Waals surface area contributed by atoms with Crippen molar-refractivity contribution in [1.29, 1.82) is 0 Å². The van der Waals surface area contributed by atoms with Crippen LogP contribution in [0.5, 0.6) is 0 Å². The molecule has 0 aromatic heterocycles. The number of nitrogens with zero attached hydrogens (tertiary/aromatic N) is 1. The van der Waals surface area contributed by atoms with Crippen molar-refractivity contribution < 1.29 is 8.42 Å². The molecule has 2 aliphatic rings. The number of rotatable bonds is 4. The van der Waals surface area contributed by atoms with Crippen LogP contribution in [0.25, 0.3) is 0 Å². The third-order valence-electron chi connectivity index (χ3n) is 4.99. The maximum absolute atomic E-state index is 11.7. The number of hydrogen-bond acceptors (Lipinski definition) is 4. The van der Waals surface area contributed by atoms with Crippen LogP contribution in [0.2, 0.25) is 0 Å². The molecule has 0 amide bonds. The average Bonchev–Trinajstić information content (AvgIpc) is 2.55. The minimum atomic E-state index is -2.80. The van der Waals surface area contributed by atoms with Crippen LogP contribution >= 0.6 is 0 Å². The van der Waals surface area contributed by atoms with Crippen molar-refractivity contribution in [3.63, 3.8) is 0 Å². The lowest BCUT2D eigenvalue weighted by molar-refractivity contribution is 0.157. The normalized spacial score (nSPS) is 35.6. The highest BCUT2D eigenvalue weighted by atomic mass is 32.2. The highest BCUT2D eigenvalue weighted by molar-refractivity contribution is 7.91. The van der Waals surface area contributed by atoms with Crippen LogP contribution in [0.3, 0.4) is 0 Å². The summed E-state index contributed by atoms with van der Waals surface area (Å²) < 4.78 is 23.3. The molecule has 5 heteroatoms. The Morgan fingerprint density at radius 3 is 2.75 bits per heavy atom. The Bertz CT molecular complexity index is 397. The van der Waals surface area contributed by atoms with E-state index in [1.165, 1.54) is 25.7 Å². The van der Waals surface area contributed by atoms with Crippen molar-refractivity contribution in [2.75, 3.05) is 31.1 Å². The van der Waals surface area contributed by atoms with E-state index in [1.807, 2.05) is 0 Å². The van der Waals surface area contributed by atoms with Gasteiger partial charge in [0.2, 0.25) is 0 Å². The van der Waals surface area contributed by atoms with Crippen LogP contribution in [0.15, 0.2) is 0 Å². The first-order valence-electron chi connectivity index (χ1n) is 8.18. The Balaban J connectivity index is 1.87. The molecule has 3 unspecified atom stereocenters. The van der Waals surface area contributed by atoms with Crippen molar-refractivity contribution in [1.82, 2.24) is 4.90 Å². The summed E-state index contributed by atoms with van der Waals surface area (Å²) in [5.74, 6) is 2.08. The predicted octanol–water partition coefficient (Wildman–Crippen LogP) is 1.65. The largest absolute Gasteiger partial charge is 0.327 e. The van der Waals surface area contributed by atoms with Gasteiger partial charge in [0.15, 0.2) is 9.84 Å². The zero-order chi connectivity index (χ0) is 14.6. The summed E-state index contributed by atoms with van der Waals surface area (Å²) in [4.78, 5) is 2.34. The van der Waals surface area contributed by atoms with E-state index in [1.54, 1.807) is 0 Å². The van der Waals surface area contributed by atoms with Gasteiger partial charge in [0.05, 0.1) is 11.5 Å². The van der Waals surface area contributed by atoms with Gasteiger partial charge in [0.1, 0.15) is 0 Å². The summed E-state index contributed by atoms with van der Waals surface area (Å²) in [6.07, 6.45) is 7.01. The molecule has 2 fully saturated rings. The minimum Gasteiger partial charge on any atom is -0.327 e. The van der Waals surface area contributed by atoms with Crippen LogP contribution in [-0.4, -0.2) is 50.5 Å². The summed E-state index contributed by atoms with van der Waals surface area (Å²) in [7, 11) is -2.80. The van der Waals surface area contributed by atoms with E-state index in [4.69, 9.17) is 5.73 Å². The summed E-state index contributed by atoms with van der Waals surface area (Å²) in [5, 5.41) is 0. The van der Waals surface area contributed by atoms with Gasteiger partial charge in [-0.05, 0) is 44.1 Å². The first-order valence-corrected chi connectivity index (χ1v) is 10.0. The summed E-state index contributed by atoms with van der Waals surface area (Å²) in [6.45, 7) is 4.87. The van der Waals surface area contributed by atoms with Gasteiger partial charge < -0.3 is 10.6 Å². The van der Waals surface area contributed by atoms with E-state index in [9.17, 15) is 8.42 Å². The van der Waals surface area contributed by atoms with Gasteiger partial charge in [-0.1, -0.05) is 19.8 Å². The SMILES string of the molecule is CCCC1CCC(N)C(CN2CCCS(=O)(=O)CC2)C1. The molecule has 1 saturated heterocycles. The van der Waals surface area contributed by atoms with E-state index in [0.29, 0.717) is 30.0 Å². The number of hydrogen-bond donors (Lipinski definition) is 1. The fourth-order valence-corrected chi connectivity index (χ4v) is 5.08. The molecule has 20 heavy (non-hydrogen) atoms. The molecule has 1 aliphatic carbocycles. The average molecular weight is 302 g/mol. The van der Waals surface area contributed by atoms with E-state index in [2.05, 4.69) is 11.8 Å². The Hall–Kier alpha value is -0.130. The highest BCUT2D eigenvalue weighted by Crippen LogP contribution is 2.32. The topological polar surface area (TPSA) is 63.4 Å². The molecular weight excluding hydrogens is 272 g/mol. The standard InChI is InChI=1S/C15H30N2O2S/c1-2-4-13-5-6-15(16)14(11-13)12-17-7-3-9-20(18,19)10-8-17/h13-15H,2-12,16H2,1H3. The molecule has 3 atom stereocenters. The first-order chi connectivity index (χ1) is 9.50. The molecule has 0 aromatic carbocycles. The molecular formula is C15H30N2O2S. The molecule has 1 saturated carbocycles. The molecule has 0 radical (unpaired) electrons. The number of nitrogens with two attached hydrogens (primary N) is 1. The summed E-state index contributed by atoms with van der Waals surface area (Å²) >= 11 is 0. The Morgan fingerprint density at radius 1 is 1.20 bits per heavy atom. The van der Waals surface area contributed by atoms with Crippen molar-refractivity contribution in [3.05, 3.63) is 0 Å². The monoisotopic (exact) mass is 302 g/mol. The van der Waals surface area contributed by atoms with E-state index in [0.717, 1.165) is 31.8 Å². The van der Waals surface area contributed by atoms with Crippen LogP contribution < -0.4 is 5.73 Å².